The molecular formula is C14H18N2. The van der Waals surface area contributed by atoms with Crippen molar-refractivity contribution in [2.24, 2.45) is 5.92 Å². The molecule has 1 N–H and O–H groups in total. The molecule has 84 valence electrons. The molecule has 0 fully saturated rings. The van der Waals surface area contributed by atoms with Gasteiger partial charge in [-0.2, -0.15) is 0 Å². The number of aromatic nitrogens is 1. The summed E-state index contributed by atoms with van der Waals surface area (Å²) in [5, 5.41) is 3.48. The highest BCUT2D eigenvalue weighted by Crippen LogP contribution is 2.23. The van der Waals surface area contributed by atoms with Crippen molar-refractivity contribution in [1.82, 2.24) is 10.3 Å². The molecule has 2 rings (SSSR count). The maximum Gasteiger partial charge on any atom is 0.0422 e. The molecule has 1 aromatic heterocycles. The van der Waals surface area contributed by atoms with Crippen LogP contribution in [-0.4, -0.2) is 11.0 Å². The molecule has 0 saturated carbocycles. The first-order chi connectivity index (χ1) is 7.66. The van der Waals surface area contributed by atoms with Crippen LogP contribution in [0.25, 0.3) is 5.57 Å². The normalized spacial score (nSPS) is 20.1. The van der Waals surface area contributed by atoms with Gasteiger partial charge in [0, 0.05) is 24.1 Å². The van der Waals surface area contributed by atoms with Crippen LogP contribution in [0.5, 0.6) is 0 Å². The van der Waals surface area contributed by atoms with Crippen LogP contribution in [0.2, 0.25) is 0 Å². The van der Waals surface area contributed by atoms with E-state index in [1.54, 1.807) is 0 Å². The van der Waals surface area contributed by atoms with Gasteiger partial charge in [0.25, 0.3) is 0 Å². The van der Waals surface area contributed by atoms with Crippen LogP contribution in [0, 0.1) is 5.92 Å². The van der Waals surface area contributed by atoms with Crippen LogP contribution in [0.1, 0.15) is 26.3 Å². The molecule has 1 aromatic rings. The van der Waals surface area contributed by atoms with E-state index >= 15 is 0 Å². The van der Waals surface area contributed by atoms with E-state index in [1.807, 2.05) is 18.5 Å². The average molecular weight is 214 g/mol. The van der Waals surface area contributed by atoms with Crippen LogP contribution in [0.4, 0.5) is 0 Å². The molecule has 0 aliphatic carbocycles. The molecule has 2 heteroatoms. The predicted molar refractivity (Wildman–Crippen MR) is 67.7 cm³/mol. The summed E-state index contributed by atoms with van der Waals surface area (Å²) >= 11 is 0. The topological polar surface area (TPSA) is 24.9 Å². The van der Waals surface area contributed by atoms with E-state index < -0.39 is 0 Å². The van der Waals surface area contributed by atoms with Crippen molar-refractivity contribution in [2.45, 2.75) is 26.8 Å². The summed E-state index contributed by atoms with van der Waals surface area (Å²) in [6, 6.07) is 4.47. The van der Waals surface area contributed by atoms with Gasteiger partial charge in [-0.05, 0) is 36.1 Å². The lowest BCUT2D eigenvalue weighted by Gasteiger charge is -2.24. The molecule has 2 heterocycles. The van der Waals surface area contributed by atoms with Crippen molar-refractivity contribution in [3.8, 4) is 0 Å². The van der Waals surface area contributed by atoms with E-state index in [-0.39, 0.29) is 0 Å². The van der Waals surface area contributed by atoms with Crippen molar-refractivity contribution < 1.29 is 0 Å². The molecule has 0 amide bonds. The van der Waals surface area contributed by atoms with Gasteiger partial charge in [0.2, 0.25) is 0 Å². The fourth-order valence-electron chi connectivity index (χ4n) is 1.88. The van der Waals surface area contributed by atoms with Crippen LogP contribution in [0.3, 0.4) is 0 Å². The molecule has 2 nitrogen and oxygen atoms in total. The zero-order valence-corrected chi connectivity index (χ0v) is 10.1. The maximum absolute atomic E-state index is 4.16. The Labute approximate surface area is 97.1 Å². The van der Waals surface area contributed by atoms with Crippen molar-refractivity contribution >= 4 is 5.57 Å². The van der Waals surface area contributed by atoms with Crippen molar-refractivity contribution in [3.63, 3.8) is 0 Å². The van der Waals surface area contributed by atoms with Crippen molar-refractivity contribution in [3.05, 3.63) is 47.9 Å². The van der Waals surface area contributed by atoms with Crippen LogP contribution in [0.15, 0.2) is 42.4 Å². The summed E-state index contributed by atoms with van der Waals surface area (Å²) in [6.45, 7) is 6.58. The third kappa shape index (κ3) is 2.32. The third-order valence-corrected chi connectivity index (χ3v) is 2.75. The summed E-state index contributed by atoms with van der Waals surface area (Å²) < 4.78 is 0. The quantitative estimate of drug-likeness (QED) is 0.818. The second-order valence-corrected chi connectivity index (χ2v) is 4.55. The largest absolute Gasteiger partial charge is 0.382 e. The number of pyridine rings is 1. The maximum atomic E-state index is 4.16. The van der Waals surface area contributed by atoms with Crippen LogP contribution in [-0.2, 0) is 0 Å². The fraction of sp³-hybridized carbons (Fsp3) is 0.357. The van der Waals surface area contributed by atoms with E-state index in [1.165, 1.54) is 16.8 Å². The predicted octanol–water partition coefficient (Wildman–Crippen LogP) is 3.00. The second-order valence-electron chi connectivity index (χ2n) is 4.55. The van der Waals surface area contributed by atoms with Gasteiger partial charge in [-0.3, -0.25) is 4.98 Å². The van der Waals surface area contributed by atoms with Crippen molar-refractivity contribution in [2.75, 3.05) is 0 Å². The van der Waals surface area contributed by atoms with Gasteiger partial charge in [0.1, 0.15) is 0 Å². The molecule has 0 bridgehead atoms. The highest BCUT2D eigenvalue weighted by molar-refractivity contribution is 5.75. The molecule has 16 heavy (non-hydrogen) atoms. The third-order valence-electron chi connectivity index (χ3n) is 2.75. The first-order valence-corrected chi connectivity index (χ1v) is 5.77. The summed E-state index contributed by atoms with van der Waals surface area (Å²) in [7, 11) is 0. The SMILES string of the molecule is CC1C=C(c2cccnc2)C=C(C(C)C)N1. The van der Waals surface area contributed by atoms with E-state index in [0.29, 0.717) is 12.0 Å². The summed E-state index contributed by atoms with van der Waals surface area (Å²) in [4.78, 5) is 4.16. The lowest BCUT2D eigenvalue weighted by Crippen LogP contribution is -2.28. The minimum absolute atomic E-state index is 0.387. The summed E-state index contributed by atoms with van der Waals surface area (Å²) in [5.41, 5.74) is 3.76. The smallest absolute Gasteiger partial charge is 0.0422 e. The lowest BCUT2D eigenvalue weighted by atomic mass is 9.97. The highest BCUT2D eigenvalue weighted by atomic mass is 14.9. The van der Waals surface area contributed by atoms with Gasteiger partial charge in [0.05, 0.1) is 0 Å². The van der Waals surface area contributed by atoms with E-state index in [2.05, 4.69) is 49.3 Å². The first-order valence-electron chi connectivity index (χ1n) is 5.77. The van der Waals surface area contributed by atoms with Gasteiger partial charge < -0.3 is 5.32 Å². The Hall–Kier alpha value is -1.57. The Balaban J connectivity index is 2.34. The summed E-state index contributed by atoms with van der Waals surface area (Å²) in [6.07, 6.45) is 8.19. The molecule has 1 atom stereocenters. The van der Waals surface area contributed by atoms with Gasteiger partial charge in [-0.1, -0.05) is 26.0 Å². The van der Waals surface area contributed by atoms with E-state index in [0.717, 1.165) is 0 Å². The molecular weight excluding hydrogens is 196 g/mol. The molecule has 0 spiro atoms. The zero-order valence-electron chi connectivity index (χ0n) is 10.1. The Bertz CT molecular complexity index is 416. The van der Waals surface area contributed by atoms with Gasteiger partial charge in [0.15, 0.2) is 0 Å². The van der Waals surface area contributed by atoms with Gasteiger partial charge >= 0.3 is 0 Å². The Morgan fingerprint density at radius 2 is 2.19 bits per heavy atom. The van der Waals surface area contributed by atoms with Crippen molar-refractivity contribution in [1.29, 1.82) is 0 Å². The molecule has 1 unspecified atom stereocenters. The van der Waals surface area contributed by atoms with Gasteiger partial charge in [-0.25, -0.2) is 0 Å². The molecule has 1 aliphatic heterocycles. The Morgan fingerprint density at radius 1 is 1.38 bits per heavy atom. The Morgan fingerprint density at radius 3 is 2.81 bits per heavy atom. The summed E-state index contributed by atoms with van der Waals surface area (Å²) in [5.74, 6) is 0.530. The minimum atomic E-state index is 0.387. The minimum Gasteiger partial charge on any atom is -0.382 e. The second kappa shape index (κ2) is 4.52. The monoisotopic (exact) mass is 214 g/mol. The fourth-order valence-corrected chi connectivity index (χ4v) is 1.88. The first kappa shape index (κ1) is 10.9. The molecule has 0 radical (unpaired) electrons. The number of hydrogen-bond acceptors (Lipinski definition) is 2. The number of nitrogens with zero attached hydrogens (tertiary/aromatic N) is 1. The van der Waals surface area contributed by atoms with E-state index in [9.17, 15) is 0 Å². The van der Waals surface area contributed by atoms with Crippen LogP contribution < -0.4 is 5.32 Å². The molecule has 0 aromatic carbocycles. The number of dihydropyridines is 1. The number of nitrogens with one attached hydrogen (secondary N) is 1. The number of allylic oxidation sites excluding steroid dienone is 3. The van der Waals surface area contributed by atoms with E-state index in [4.69, 9.17) is 0 Å². The standard InChI is InChI=1S/C14H18N2/c1-10(2)14-8-13(7-11(3)16-14)12-5-4-6-15-9-12/h4-11,16H,1-3H3. The number of hydrogen-bond donors (Lipinski definition) is 1. The molecule has 0 saturated heterocycles. The van der Waals surface area contributed by atoms with Crippen LogP contribution >= 0.6 is 0 Å². The number of rotatable bonds is 2. The lowest BCUT2D eigenvalue weighted by molar-refractivity contribution is 0.614. The Kier molecular flexibility index (Phi) is 3.09. The molecule has 1 aliphatic rings. The average Bonchev–Trinajstić information content (AvgIpc) is 2.29. The highest BCUT2D eigenvalue weighted by Gasteiger charge is 2.13. The van der Waals surface area contributed by atoms with Gasteiger partial charge in [-0.15, -0.1) is 0 Å². The zero-order chi connectivity index (χ0) is 11.5.